The third-order valence-electron chi connectivity index (χ3n) is 7.03. The highest BCUT2D eigenvalue weighted by molar-refractivity contribution is 7.91. The Bertz CT molecular complexity index is 1400. The van der Waals surface area contributed by atoms with E-state index in [2.05, 4.69) is 0 Å². The van der Waals surface area contributed by atoms with Crippen molar-refractivity contribution < 1.29 is 26.3 Å². The summed E-state index contributed by atoms with van der Waals surface area (Å²) in [6.07, 6.45) is -4.30. The lowest BCUT2D eigenvalue weighted by Crippen LogP contribution is -2.39. The van der Waals surface area contributed by atoms with Crippen LogP contribution < -0.4 is 10.6 Å². The molecule has 2 aliphatic heterocycles. The monoisotopic (exact) mass is 538 g/mol. The van der Waals surface area contributed by atoms with E-state index in [0.29, 0.717) is 80.0 Å². The van der Waals surface area contributed by atoms with Crippen LogP contribution in [-0.2, 0) is 33.7 Å². The second kappa shape index (κ2) is 9.76. The summed E-state index contributed by atoms with van der Waals surface area (Å²) in [6.45, 7) is 4.94. The highest BCUT2D eigenvalue weighted by atomic mass is 32.2. The van der Waals surface area contributed by atoms with Gasteiger partial charge in [0.1, 0.15) is 0 Å². The molecule has 0 unspecified atom stereocenters. The molecule has 0 atom stereocenters. The summed E-state index contributed by atoms with van der Waals surface area (Å²) < 4.78 is 71.7. The van der Waals surface area contributed by atoms with E-state index in [0.717, 1.165) is 6.07 Å². The van der Waals surface area contributed by atoms with E-state index in [1.54, 1.807) is 16.6 Å². The Labute approximate surface area is 212 Å². The molecule has 0 amide bonds. The first-order chi connectivity index (χ1) is 17.5. The number of fused-ring (bicyclic) bond motifs is 1. The summed E-state index contributed by atoms with van der Waals surface area (Å²) in [4.78, 5) is 8.78. The van der Waals surface area contributed by atoms with Gasteiger partial charge < -0.3 is 15.4 Å². The molecule has 9 nitrogen and oxygen atoms in total. The molecule has 2 N–H and O–H groups in total. The Morgan fingerprint density at radius 2 is 1.81 bits per heavy atom. The topological polar surface area (TPSA) is 106 Å². The normalized spacial score (nSPS) is 19.0. The summed E-state index contributed by atoms with van der Waals surface area (Å²) in [5.41, 5.74) is 8.47. The Balaban J connectivity index is 1.58. The van der Waals surface area contributed by atoms with Crippen LogP contribution in [0.1, 0.15) is 28.1 Å². The van der Waals surface area contributed by atoms with Gasteiger partial charge in [-0.25, -0.2) is 17.9 Å². The first-order valence-electron chi connectivity index (χ1n) is 12.1. The first-order valence-corrected chi connectivity index (χ1v) is 13.9. The van der Waals surface area contributed by atoms with E-state index in [1.165, 1.54) is 13.0 Å². The summed E-state index contributed by atoms with van der Waals surface area (Å²) in [5, 5.41) is 4.80. The largest absolute Gasteiger partial charge is 0.416 e. The van der Waals surface area contributed by atoms with Crippen molar-refractivity contribution in [3.8, 4) is 0 Å². The van der Waals surface area contributed by atoms with Crippen LogP contribution in [0.5, 0.6) is 0 Å². The van der Waals surface area contributed by atoms with Gasteiger partial charge >= 0.3 is 6.18 Å². The number of anilines is 2. The van der Waals surface area contributed by atoms with Gasteiger partial charge in [-0.1, -0.05) is 12.1 Å². The number of nitrogens with zero attached hydrogens (tertiary/aromatic N) is 5. The molecule has 4 heterocycles. The molecule has 5 rings (SSSR count). The van der Waals surface area contributed by atoms with E-state index >= 15 is 0 Å². The summed E-state index contributed by atoms with van der Waals surface area (Å²) in [7, 11) is -3.06. The van der Waals surface area contributed by atoms with Crippen molar-refractivity contribution in [1.82, 2.24) is 19.5 Å². The molecule has 0 saturated carbocycles. The number of imidazole rings is 1. The molecule has 0 aliphatic carbocycles. The Morgan fingerprint density at radius 3 is 2.49 bits per heavy atom. The lowest BCUT2D eigenvalue weighted by atomic mass is 9.98. The molecule has 13 heteroatoms. The molecule has 0 bridgehead atoms. The Kier molecular flexibility index (Phi) is 6.79. The fourth-order valence-corrected chi connectivity index (χ4v) is 6.13. The smallest absolute Gasteiger partial charge is 0.396 e. The second-order valence-corrected chi connectivity index (χ2v) is 11.8. The average molecular weight is 539 g/mol. The average Bonchev–Trinajstić information content (AvgIpc) is 3.19. The van der Waals surface area contributed by atoms with Gasteiger partial charge in [0.15, 0.2) is 21.3 Å². The number of sulfone groups is 1. The van der Waals surface area contributed by atoms with Crippen LogP contribution in [0.25, 0.3) is 5.65 Å². The van der Waals surface area contributed by atoms with Crippen LogP contribution >= 0.6 is 0 Å². The minimum absolute atomic E-state index is 0.0595. The van der Waals surface area contributed by atoms with Crippen LogP contribution in [0.4, 0.5) is 24.7 Å². The SMILES string of the molecule is Cc1c(Cc2c(CN3CCS(=O)(=O)CC3)nc3c(N)cc(N4CCOCC4)nn23)cccc1C(F)(F)F. The van der Waals surface area contributed by atoms with E-state index in [9.17, 15) is 21.6 Å². The van der Waals surface area contributed by atoms with Gasteiger partial charge in [-0.15, -0.1) is 5.10 Å². The number of aromatic nitrogens is 3. The fraction of sp³-hybridized carbons (Fsp3) is 0.500. The minimum atomic E-state index is -4.46. The van der Waals surface area contributed by atoms with E-state index in [1.807, 2.05) is 9.80 Å². The third-order valence-corrected chi connectivity index (χ3v) is 8.64. The first kappa shape index (κ1) is 25.7. The van der Waals surface area contributed by atoms with Crippen LogP contribution in [0.15, 0.2) is 24.3 Å². The highest BCUT2D eigenvalue weighted by Crippen LogP contribution is 2.34. The maximum Gasteiger partial charge on any atom is 0.416 e. The zero-order valence-corrected chi connectivity index (χ0v) is 21.3. The van der Waals surface area contributed by atoms with Crippen molar-refractivity contribution in [2.24, 2.45) is 0 Å². The predicted octanol–water partition coefficient (Wildman–Crippen LogP) is 2.30. The lowest BCUT2D eigenvalue weighted by molar-refractivity contribution is -0.138. The van der Waals surface area contributed by atoms with Crippen molar-refractivity contribution >= 4 is 27.0 Å². The molecule has 37 heavy (non-hydrogen) atoms. The highest BCUT2D eigenvalue weighted by Gasteiger charge is 2.33. The number of rotatable bonds is 5. The van der Waals surface area contributed by atoms with Gasteiger partial charge in [0.25, 0.3) is 0 Å². The van der Waals surface area contributed by atoms with Crippen LogP contribution in [0.2, 0.25) is 0 Å². The van der Waals surface area contributed by atoms with Crippen molar-refractivity contribution in [1.29, 1.82) is 0 Å². The molecule has 1 aromatic carbocycles. The molecule has 2 saturated heterocycles. The summed E-state index contributed by atoms with van der Waals surface area (Å²) in [6, 6.07) is 5.92. The number of nitrogens with two attached hydrogens (primary N) is 1. The zero-order valence-electron chi connectivity index (χ0n) is 20.5. The number of benzene rings is 1. The Morgan fingerprint density at radius 1 is 1.11 bits per heavy atom. The van der Waals surface area contributed by atoms with Crippen LogP contribution in [-0.4, -0.2) is 78.8 Å². The number of halogens is 3. The lowest BCUT2D eigenvalue weighted by Gasteiger charge is -2.28. The number of ether oxygens (including phenoxy) is 1. The zero-order chi connectivity index (χ0) is 26.4. The summed E-state index contributed by atoms with van der Waals surface area (Å²) >= 11 is 0. The van der Waals surface area contributed by atoms with Crippen LogP contribution in [0, 0.1) is 6.92 Å². The summed E-state index contributed by atoms with van der Waals surface area (Å²) in [5.74, 6) is 0.761. The van der Waals surface area contributed by atoms with Crippen molar-refractivity contribution in [2.45, 2.75) is 26.1 Å². The number of nitrogen functional groups attached to an aromatic ring is 1. The van der Waals surface area contributed by atoms with Gasteiger partial charge in [0.05, 0.1) is 47.4 Å². The van der Waals surface area contributed by atoms with Crippen molar-refractivity contribution in [3.63, 3.8) is 0 Å². The van der Waals surface area contributed by atoms with Gasteiger partial charge in [-0.05, 0) is 24.1 Å². The quantitative estimate of drug-likeness (QED) is 0.528. The van der Waals surface area contributed by atoms with E-state index < -0.39 is 21.6 Å². The van der Waals surface area contributed by atoms with Crippen molar-refractivity contribution in [3.05, 3.63) is 52.3 Å². The molecule has 2 aliphatic rings. The number of hydrogen-bond donors (Lipinski definition) is 1. The van der Waals surface area contributed by atoms with Gasteiger partial charge in [-0.3, -0.25) is 4.90 Å². The van der Waals surface area contributed by atoms with Gasteiger partial charge in [0.2, 0.25) is 0 Å². The number of alkyl halides is 3. The molecule has 0 radical (unpaired) electrons. The number of hydrogen-bond acceptors (Lipinski definition) is 8. The van der Waals surface area contributed by atoms with Gasteiger partial charge in [-0.2, -0.15) is 13.2 Å². The molecule has 200 valence electrons. The van der Waals surface area contributed by atoms with Gasteiger partial charge in [0, 0.05) is 45.2 Å². The van der Waals surface area contributed by atoms with E-state index in [-0.39, 0.29) is 23.5 Å². The standard InChI is InChI=1S/C24H29F3N6O3S/c1-16-17(3-2-4-18(16)24(25,26)27)13-21-20(15-31-7-11-37(34,35)12-8-31)29-23-19(28)14-22(30-33(21)23)32-5-9-36-10-6-32/h2-4,14H,5-13,15,28H2,1H3. The number of morpholine rings is 1. The second-order valence-electron chi connectivity index (χ2n) is 9.49. The Hall–Kier alpha value is -2.90. The van der Waals surface area contributed by atoms with Crippen LogP contribution in [0.3, 0.4) is 0 Å². The van der Waals surface area contributed by atoms with Crippen molar-refractivity contribution in [2.75, 3.05) is 61.5 Å². The maximum absolute atomic E-state index is 13.6. The maximum atomic E-state index is 13.6. The molecular formula is C24H29F3N6O3S. The predicted molar refractivity (Wildman–Crippen MR) is 133 cm³/mol. The molecule has 2 aromatic heterocycles. The fourth-order valence-electron chi connectivity index (χ4n) is 4.85. The third kappa shape index (κ3) is 5.39. The van der Waals surface area contributed by atoms with E-state index in [4.69, 9.17) is 20.6 Å². The minimum Gasteiger partial charge on any atom is -0.396 e. The molecule has 0 spiro atoms. The molecular weight excluding hydrogens is 509 g/mol. The molecule has 2 fully saturated rings. The molecule has 3 aromatic rings.